The largest absolute Gasteiger partial charge is 0.480 e. The van der Waals surface area contributed by atoms with Gasteiger partial charge in [0.05, 0.1) is 6.54 Å². The van der Waals surface area contributed by atoms with E-state index in [-0.39, 0.29) is 24.1 Å². The molecule has 4 atom stereocenters. The third-order valence-electron chi connectivity index (χ3n) is 4.04. The molecule has 0 aromatic heterocycles. The van der Waals surface area contributed by atoms with E-state index in [9.17, 15) is 19.2 Å². The molecule has 26 heavy (non-hydrogen) atoms. The highest BCUT2D eigenvalue weighted by molar-refractivity contribution is 7.80. The lowest BCUT2D eigenvalue weighted by Gasteiger charge is -2.27. The molecule has 9 nitrogen and oxygen atoms in total. The fraction of sp³-hybridized carbons (Fsp3) is 0.750. The van der Waals surface area contributed by atoms with Crippen LogP contribution in [-0.2, 0) is 19.2 Å². The lowest BCUT2D eigenvalue weighted by atomic mass is 9.98. The summed E-state index contributed by atoms with van der Waals surface area (Å²) in [4.78, 5) is 47.6. The van der Waals surface area contributed by atoms with Gasteiger partial charge in [-0.1, -0.05) is 34.1 Å². The maximum absolute atomic E-state index is 12.5. The van der Waals surface area contributed by atoms with Crippen molar-refractivity contribution >= 4 is 36.3 Å². The molecule has 0 rings (SSSR count). The number of carboxylic acid groups (broad SMARTS) is 1. The molecule has 0 aromatic rings. The van der Waals surface area contributed by atoms with E-state index in [1.165, 1.54) is 0 Å². The Morgan fingerprint density at radius 1 is 1.00 bits per heavy atom. The van der Waals surface area contributed by atoms with Crippen LogP contribution in [0.2, 0.25) is 0 Å². The van der Waals surface area contributed by atoms with Crippen molar-refractivity contribution in [3.05, 3.63) is 0 Å². The molecule has 0 saturated carbocycles. The summed E-state index contributed by atoms with van der Waals surface area (Å²) in [6.45, 7) is 6.72. The maximum atomic E-state index is 12.5. The molecule has 0 bridgehead atoms. The number of rotatable bonds is 11. The summed E-state index contributed by atoms with van der Waals surface area (Å²) in [5.74, 6) is -3.39. The number of nitrogens with one attached hydrogen (secondary N) is 3. The highest BCUT2D eigenvalue weighted by atomic mass is 32.1. The summed E-state index contributed by atoms with van der Waals surface area (Å²) in [5.41, 5.74) is 5.27. The number of carbonyl (C=O) groups excluding carboxylic acids is 3. The van der Waals surface area contributed by atoms with Crippen molar-refractivity contribution in [3.63, 3.8) is 0 Å². The van der Waals surface area contributed by atoms with Gasteiger partial charge in [0, 0.05) is 5.75 Å². The minimum Gasteiger partial charge on any atom is -0.480 e. The second kappa shape index (κ2) is 11.7. The van der Waals surface area contributed by atoms with Gasteiger partial charge in [-0.2, -0.15) is 12.6 Å². The zero-order valence-electron chi connectivity index (χ0n) is 15.6. The number of carboxylic acids is 1. The predicted molar refractivity (Wildman–Crippen MR) is 101 cm³/mol. The third kappa shape index (κ3) is 7.61. The molecule has 0 heterocycles. The van der Waals surface area contributed by atoms with E-state index in [4.69, 9.17) is 10.8 Å². The van der Waals surface area contributed by atoms with Gasteiger partial charge in [-0.25, -0.2) is 4.79 Å². The highest BCUT2D eigenvalue weighted by Gasteiger charge is 2.31. The van der Waals surface area contributed by atoms with E-state index >= 15 is 0 Å². The molecule has 0 saturated heterocycles. The predicted octanol–water partition coefficient (Wildman–Crippen LogP) is -0.884. The van der Waals surface area contributed by atoms with Gasteiger partial charge in [-0.05, 0) is 11.8 Å². The minimum atomic E-state index is -1.16. The van der Waals surface area contributed by atoms with Crippen molar-refractivity contribution in [2.45, 2.75) is 52.2 Å². The van der Waals surface area contributed by atoms with E-state index in [0.717, 1.165) is 0 Å². The first-order chi connectivity index (χ1) is 12.1. The number of nitrogens with two attached hydrogens (primary N) is 1. The lowest BCUT2D eigenvalue weighted by molar-refractivity contribution is -0.143. The van der Waals surface area contributed by atoms with Crippen LogP contribution in [0.25, 0.3) is 0 Å². The Kier molecular flexibility index (Phi) is 10.9. The zero-order valence-corrected chi connectivity index (χ0v) is 16.5. The normalized spacial score (nSPS) is 15.5. The first-order valence-electron chi connectivity index (χ1n) is 8.52. The van der Waals surface area contributed by atoms with Crippen LogP contribution in [-0.4, -0.2) is 59.2 Å². The molecule has 0 aromatic carbocycles. The Bertz CT molecular complexity index is 515. The molecule has 0 aliphatic heterocycles. The van der Waals surface area contributed by atoms with E-state index in [1.807, 2.05) is 6.92 Å². The maximum Gasteiger partial charge on any atom is 0.326 e. The van der Waals surface area contributed by atoms with Gasteiger partial charge in [0.15, 0.2) is 0 Å². The standard InChI is InChI=1S/C16H30N4O5S/c1-5-9(4)13(19-11(21)6-17)15(23)18-10(7-26)14(22)20-12(8(2)3)16(24)25/h8-10,12-13,26H,5-7,17H2,1-4H3,(H,18,23)(H,19,21)(H,20,22)(H,24,25). The fourth-order valence-electron chi connectivity index (χ4n) is 2.16. The molecule has 0 spiro atoms. The SMILES string of the molecule is CCC(C)C(NC(=O)CN)C(=O)NC(CS)C(=O)NC(C(=O)O)C(C)C. The van der Waals surface area contributed by atoms with Gasteiger partial charge in [0.25, 0.3) is 0 Å². The number of aliphatic carboxylic acids is 1. The van der Waals surface area contributed by atoms with Crippen molar-refractivity contribution in [3.8, 4) is 0 Å². The van der Waals surface area contributed by atoms with E-state index < -0.39 is 41.8 Å². The van der Waals surface area contributed by atoms with Crippen molar-refractivity contribution in [2.75, 3.05) is 12.3 Å². The summed E-state index contributed by atoms with van der Waals surface area (Å²) < 4.78 is 0. The number of amides is 3. The fourth-order valence-corrected chi connectivity index (χ4v) is 2.41. The molecule has 0 radical (unpaired) electrons. The monoisotopic (exact) mass is 390 g/mol. The summed E-state index contributed by atoms with van der Waals surface area (Å²) in [6, 6.07) is -2.97. The Labute approximate surface area is 159 Å². The zero-order chi connectivity index (χ0) is 20.4. The molecular formula is C16H30N4O5S. The molecule has 3 amide bonds. The summed E-state index contributed by atoms with van der Waals surface area (Å²) in [5, 5.41) is 16.6. The Hall–Kier alpha value is -1.81. The van der Waals surface area contributed by atoms with Crippen LogP contribution in [0.1, 0.15) is 34.1 Å². The van der Waals surface area contributed by atoms with Gasteiger partial charge >= 0.3 is 5.97 Å². The van der Waals surface area contributed by atoms with Crippen LogP contribution in [0.15, 0.2) is 0 Å². The molecule has 0 aliphatic carbocycles. The Morgan fingerprint density at radius 3 is 1.96 bits per heavy atom. The number of thiol groups is 1. The highest BCUT2D eigenvalue weighted by Crippen LogP contribution is 2.09. The van der Waals surface area contributed by atoms with Gasteiger partial charge in [0.2, 0.25) is 17.7 Å². The summed E-state index contributed by atoms with van der Waals surface area (Å²) in [7, 11) is 0. The van der Waals surface area contributed by atoms with Gasteiger partial charge in [-0.15, -0.1) is 0 Å². The first kappa shape index (κ1) is 24.2. The van der Waals surface area contributed by atoms with Gasteiger partial charge in [0.1, 0.15) is 18.1 Å². The smallest absolute Gasteiger partial charge is 0.326 e. The van der Waals surface area contributed by atoms with Gasteiger partial charge in [-0.3, -0.25) is 14.4 Å². The lowest BCUT2D eigenvalue weighted by Crippen LogP contribution is -2.58. The molecule has 150 valence electrons. The third-order valence-corrected chi connectivity index (χ3v) is 4.41. The van der Waals surface area contributed by atoms with Crippen molar-refractivity contribution < 1.29 is 24.3 Å². The molecular weight excluding hydrogens is 360 g/mol. The number of hydrogen-bond acceptors (Lipinski definition) is 6. The number of hydrogen-bond donors (Lipinski definition) is 6. The average Bonchev–Trinajstić information content (AvgIpc) is 2.59. The molecule has 10 heteroatoms. The van der Waals surface area contributed by atoms with E-state index in [1.54, 1.807) is 20.8 Å². The van der Waals surface area contributed by atoms with Crippen LogP contribution in [0.5, 0.6) is 0 Å². The van der Waals surface area contributed by atoms with Crippen LogP contribution in [0, 0.1) is 11.8 Å². The topological polar surface area (TPSA) is 151 Å². The Morgan fingerprint density at radius 2 is 1.58 bits per heavy atom. The minimum absolute atomic E-state index is 0.0277. The van der Waals surface area contributed by atoms with Crippen molar-refractivity contribution in [1.29, 1.82) is 0 Å². The van der Waals surface area contributed by atoms with Crippen LogP contribution < -0.4 is 21.7 Å². The van der Waals surface area contributed by atoms with Gasteiger partial charge < -0.3 is 26.8 Å². The van der Waals surface area contributed by atoms with Crippen molar-refractivity contribution in [2.24, 2.45) is 17.6 Å². The Balaban J connectivity index is 5.14. The van der Waals surface area contributed by atoms with Crippen LogP contribution in [0.4, 0.5) is 0 Å². The van der Waals surface area contributed by atoms with Crippen LogP contribution >= 0.6 is 12.6 Å². The molecule has 0 aliphatic rings. The average molecular weight is 391 g/mol. The molecule has 0 fully saturated rings. The van der Waals surface area contributed by atoms with Crippen LogP contribution in [0.3, 0.4) is 0 Å². The quantitative estimate of drug-likeness (QED) is 0.252. The van der Waals surface area contributed by atoms with E-state index in [2.05, 4.69) is 28.6 Å². The first-order valence-corrected chi connectivity index (χ1v) is 9.15. The van der Waals surface area contributed by atoms with Crippen molar-refractivity contribution in [1.82, 2.24) is 16.0 Å². The second-order valence-corrected chi connectivity index (χ2v) is 6.81. The van der Waals surface area contributed by atoms with E-state index in [0.29, 0.717) is 6.42 Å². The molecule has 4 unspecified atom stereocenters. The summed E-state index contributed by atoms with van der Waals surface area (Å²) >= 11 is 4.06. The summed E-state index contributed by atoms with van der Waals surface area (Å²) in [6.07, 6.45) is 0.620. The second-order valence-electron chi connectivity index (χ2n) is 6.45. The molecule has 6 N–H and O–H groups in total. The number of carbonyl (C=O) groups is 4.